The standard InChI is InChI=1S/C16H21N3O/c1-11-15(8-9-17)16(19(2)18-11)20-14-7-6-12-4-3-5-13(12)10-14/h6-7,10H,3-5,8-9,17H2,1-2H3. The topological polar surface area (TPSA) is 53.1 Å². The summed E-state index contributed by atoms with van der Waals surface area (Å²) in [6.45, 7) is 2.60. The molecule has 0 atom stereocenters. The number of aryl methyl sites for hydroxylation is 4. The van der Waals surface area contributed by atoms with E-state index < -0.39 is 0 Å². The maximum absolute atomic E-state index is 6.08. The molecule has 0 saturated heterocycles. The molecule has 0 bridgehead atoms. The van der Waals surface area contributed by atoms with Crippen LogP contribution < -0.4 is 10.5 Å². The van der Waals surface area contributed by atoms with E-state index in [1.807, 2.05) is 14.0 Å². The molecule has 4 heteroatoms. The Bertz CT molecular complexity index is 631. The van der Waals surface area contributed by atoms with Gasteiger partial charge in [0.15, 0.2) is 0 Å². The summed E-state index contributed by atoms with van der Waals surface area (Å²) < 4.78 is 7.88. The smallest absolute Gasteiger partial charge is 0.221 e. The van der Waals surface area contributed by atoms with Crippen LogP contribution in [-0.4, -0.2) is 16.3 Å². The Labute approximate surface area is 119 Å². The van der Waals surface area contributed by atoms with Crippen molar-refractivity contribution in [3.8, 4) is 11.6 Å². The number of nitrogens with zero attached hydrogens (tertiary/aromatic N) is 2. The van der Waals surface area contributed by atoms with Gasteiger partial charge in [-0.1, -0.05) is 6.07 Å². The molecule has 4 nitrogen and oxygen atoms in total. The fourth-order valence-electron chi connectivity index (χ4n) is 2.96. The average molecular weight is 271 g/mol. The number of benzene rings is 1. The third kappa shape index (κ3) is 2.31. The van der Waals surface area contributed by atoms with Gasteiger partial charge in [-0.2, -0.15) is 5.10 Å². The first kappa shape index (κ1) is 13.2. The van der Waals surface area contributed by atoms with Gasteiger partial charge in [-0.3, -0.25) is 0 Å². The van der Waals surface area contributed by atoms with Crippen molar-refractivity contribution in [2.24, 2.45) is 12.8 Å². The highest BCUT2D eigenvalue weighted by Crippen LogP contribution is 2.31. The van der Waals surface area contributed by atoms with Gasteiger partial charge < -0.3 is 10.5 Å². The fourth-order valence-corrected chi connectivity index (χ4v) is 2.96. The van der Waals surface area contributed by atoms with Crippen molar-refractivity contribution in [2.75, 3.05) is 6.54 Å². The highest BCUT2D eigenvalue weighted by molar-refractivity contribution is 5.41. The van der Waals surface area contributed by atoms with Gasteiger partial charge in [-0.25, -0.2) is 4.68 Å². The molecule has 0 saturated carbocycles. The SMILES string of the molecule is Cc1nn(C)c(Oc2ccc3c(c2)CCC3)c1CCN. The summed E-state index contributed by atoms with van der Waals surface area (Å²) in [7, 11) is 1.91. The highest BCUT2D eigenvalue weighted by atomic mass is 16.5. The molecular weight excluding hydrogens is 250 g/mol. The molecule has 1 aromatic carbocycles. The second-order valence-electron chi connectivity index (χ2n) is 5.42. The number of hydrogen-bond donors (Lipinski definition) is 1. The lowest BCUT2D eigenvalue weighted by molar-refractivity contribution is 0.425. The summed E-state index contributed by atoms with van der Waals surface area (Å²) in [5.74, 6) is 1.71. The average Bonchev–Trinajstić information content (AvgIpc) is 2.98. The fraction of sp³-hybridized carbons (Fsp3) is 0.438. The molecular formula is C16H21N3O. The van der Waals surface area contributed by atoms with Crippen molar-refractivity contribution in [2.45, 2.75) is 32.6 Å². The Hall–Kier alpha value is -1.81. The summed E-state index contributed by atoms with van der Waals surface area (Å²) in [5, 5.41) is 4.43. The molecule has 106 valence electrons. The maximum Gasteiger partial charge on any atom is 0.221 e. The van der Waals surface area contributed by atoms with Crippen molar-refractivity contribution < 1.29 is 4.74 Å². The van der Waals surface area contributed by atoms with Gasteiger partial charge in [-0.05, 0) is 62.4 Å². The lowest BCUT2D eigenvalue weighted by atomic mass is 10.1. The molecule has 20 heavy (non-hydrogen) atoms. The number of hydrogen-bond acceptors (Lipinski definition) is 3. The zero-order valence-corrected chi connectivity index (χ0v) is 12.1. The van der Waals surface area contributed by atoms with Crippen LogP contribution in [0.5, 0.6) is 11.6 Å². The van der Waals surface area contributed by atoms with Gasteiger partial charge in [0, 0.05) is 12.6 Å². The van der Waals surface area contributed by atoms with E-state index in [0.29, 0.717) is 6.54 Å². The van der Waals surface area contributed by atoms with E-state index in [9.17, 15) is 0 Å². The van der Waals surface area contributed by atoms with Crippen LogP contribution in [-0.2, 0) is 26.3 Å². The monoisotopic (exact) mass is 271 g/mol. The van der Waals surface area contributed by atoms with Gasteiger partial charge in [-0.15, -0.1) is 0 Å². The first-order chi connectivity index (χ1) is 9.69. The van der Waals surface area contributed by atoms with E-state index in [0.717, 1.165) is 35.7 Å². The Balaban J connectivity index is 1.91. The van der Waals surface area contributed by atoms with E-state index in [4.69, 9.17) is 10.5 Å². The minimum absolute atomic E-state index is 0.604. The third-order valence-electron chi connectivity index (χ3n) is 3.97. The van der Waals surface area contributed by atoms with Crippen LogP contribution in [0.2, 0.25) is 0 Å². The molecule has 3 rings (SSSR count). The first-order valence-corrected chi connectivity index (χ1v) is 7.21. The van der Waals surface area contributed by atoms with E-state index in [2.05, 4.69) is 23.3 Å². The summed E-state index contributed by atoms with van der Waals surface area (Å²) in [4.78, 5) is 0. The quantitative estimate of drug-likeness (QED) is 0.929. The van der Waals surface area contributed by atoms with Gasteiger partial charge in [0.25, 0.3) is 0 Å². The predicted octanol–water partition coefficient (Wildman–Crippen LogP) is 2.51. The van der Waals surface area contributed by atoms with Gasteiger partial charge in [0.2, 0.25) is 5.88 Å². The van der Waals surface area contributed by atoms with Crippen LogP contribution >= 0.6 is 0 Å². The molecule has 0 fully saturated rings. The molecule has 1 heterocycles. The van der Waals surface area contributed by atoms with E-state index in [1.54, 1.807) is 4.68 Å². The van der Waals surface area contributed by atoms with E-state index in [-0.39, 0.29) is 0 Å². The zero-order valence-electron chi connectivity index (χ0n) is 12.1. The molecule has 1 aliphatic rings. The summed E-state index contributed by atoms with van der Waals surface area (Å²) in [5.41, 5.74) is 10.7. The zero-order chi connectivity index (χ0) is 14.1. The number of ether oxygens (including phenoxy) is 1. The lowest BCUT2D eigenvalue weighted by Gasteiger charge is -2.10. The first-order valence-electron chi connectivity index (χ1n) is 7.21. The number of fused-ring (bicyclic) bond motifs is 1. The van der Waals surface area contributed by atoms with Crippen LogP contribution in [0.4, 0.5) is 0 Å². The Morgan fingerprint density at radius 1 is 1.30 bits per heavy atom. The molecule has 0 aliphatic heterocycles. The van der Waals surface area contributed by atoms with Crippen molar-refractivity contribution in [3.63, 3.8) is 0 Å². The minimum Gasteiger partial charge on any atom is -0.439 e. The molecule has 2 N–H and O–H groups in total. The third-order valence-corrected chi connectivity index (χ3v) is 3.97. The van der Waals surface area contributed by atoms with Crippen LogP contribution in [0.25, 0.3) is 0 Å². The van der Waals surface area contributed by atoms with Crippen molar-refractivity contribution in [1.82, 2.24) is 9.78 Å². The molecule has 0 radical (unpaired) electrons. The van der Waals surface area contributed by atoms with Crippen molar-refractivity contribution in [3.05, 3.63) is 40.6 Å². The van der Waals surface area contributed by atoms with Crippen molar-refractivity contribution in [1.29, 1.82) is 0 Å². The molecule has 2 aromatic rings. The van der Waals surface area contributed by atoms with Crippen molar-refractivity contribution >= 4 is 0 Å². The molecule has 0 spiro atoms. The Morgan fingerprint density at radius 3 is 2.90 bits per heavy atom. The predicted molar refractivity (Wildman–Crippen MR) is 79.2 cm³/mol. The van der Waals surface area contributed by atoms with Gasteiger partial charge in [0.05, 0.1) is 5.69 Å². The normalized spacial score (nSPS) is 13.6. The number of nitrogens with two attached hydrogens (primary N) is 1. The van der Waals surface area contributed by atoms with Crippen LogP contribution in [0, 0.1) is 6.92 Å². The maximum atomic E-state index is 6.08. The summed E-state index contributed by atoms with van der Waals surface area (Å²) in [6, 6.07) is 6.40. The van der Waals surface area contributed by atoms with Crippen LogP contribution in [0.1, 0.15) is 28.8 Å². The number of aromatic nitrogens is 2. The molecule has 0 amide bonds. The molecule has 1 aromatic heterocycles. The summed E-state index contributed by atoms with van der Waals surface area (Å²) >= 11 is 0. The van der Waals surface area contributed by atoms with Gasteiger partial charge in [0.1, 0.15) is 5.75 Å². The number of rotatable bonds is 4. The second-order valence-corrected chi connectivity index (χ2v) is 5.42. The largest absolute Gasteiger partial charge is 0.439 e. The van der Waals surface area contributed by atoms with Crippen LogP contribution in [0.3, 0.4) is 0 Å². The lowest BCUT2D eigenvalue weighted by Crippen LogP contribution is -2.05. The molecule has 1 aliphatic carbocycles. The Kier molecular flexibility index (Phi) is 3.49. The Morgan fingerprint density at radius 2 is 2.10 bits per heavy atom. The van der Waals surface area contributed by atoms with E-state index in [1.165, 1.54) is 24.0 Å². The van der Waals surface area contributed by atoms with Gasteiger partial charge >= 0.3 is 0 Å². The second kappa shape index (κ2) is 5.29. The van der Waals surface area contributed by atoms with E-state index >= 15 is 0 Å². The highest BCUT2D eigenvalue weighted by Gasteiger charge is 2.16. The van der Waals surface area contributed by atoms with Crippen LogP contribution in [0.15, 0.2) is 18.2 Å². The minimum atomic E-state index is 0.604. The molecule has 0 unspecified atom stereocenters. The summed E-state index contributed by atoms with van der Waals surface area (Å²) in [6.07, 6.45) is 4.40.